The highest BCUT2D eigenvalue weighted by Gasteiger charge is 2.07. The van der Waals surface area contributed by atoms with Crippen molar-refractivity contribution >= 4 is 35.1 Å². The van der Waals surface area contributed by atoms with Gasteiger partial charge in [-0.3, -0.25) is 9.89 Å². The van der Waals surface area contributed by atoms with Crippen LogP contribution in [0.4, 0.5) is 10.6 Å². The van der Waals surface area contributed by atoms with Crippen molar-refractivity contribution in [1.82, 2.24) is 14.9 Å². The van der Waals surface area contributed by atoms with Gasteiger partial charge in [-0.2, -0.15) is 0 Å². The highest BCUT2D eigenvalue weighted by atomic mass is 16.5. The van der Waals surface area contributed by atoms with E-state index in [2.05, 4.69) is 15.0 Å². The monoisotopic (exact) mass is 399 g/mol. The van der Waals surface area contributed by atoms with Crippen molar-refractivity contribution in [2.45, 2.75) is 0 Å². The van der Waals surface area contributed by atoms with Crippen LogP contribution < -0.4 is 15.3 Å². The molecule has 2 aromatic carbocycles. The molecule has 1 aromatic heterocycles. The van der Waals surface area contributed by atoms with E-state index >= 15 is 0 Å². The lowest BCUT2D eigenvalue weighted by Crippen LogP contribution is -2.25. The number of hydrogen-bond donors (Lipinski definition) is 1. The molecule has 148 valence electrons. The van der Waals surface area contributed by atoms with E-state index in [4.69, 9.17) is 9.73 Å². The second kappa shape index (κ2) is 8.78. The summed E-state index contributed by atoms with van der Waals surface area (Å²) in [7, 11) is 0. The smallest absolute Gasteiger partial charge is 0.411 e. The van der Waals surface area contributed by atoms with E-state index in [9.17, 15) is 9.90 Å². The molecule has 0 atom stereocenters. The van der Waals surface area contributed by atoms with E-state index in [1.165, 1.54) is 25.0 Å². The van der Waals surface area contributed by atoms with Crippen molar-refractivity contribution in [3.63, 3.8) is 0 Å². The number of allylic oxidation sites excluding steroid dienone is 1. The molecule has 0 fully saturated rings. The van der Waals surface area contributed by atoms with Crippen LogP contribution in [-0.2, 0) is 0 Å². The molecule has 0 unspecified atom stereocenters. The van der Waals surface area contributed by atoms with E-state index in [1.807, 2.05) is 30.3 Å². The van der Waals surface area contributed by atoms with Crippen molar-refractivity contribution in [3.05, 3.63) is 84.1 Å². The predicted octanol–water partition coefficient (Wildman–Crippen LogP) is 2.79. The predicted molar refractivity (Wildman–Crippen MR) is 113 cm³/mol. The molecule has 30 heavy (non-hydrogen) atoms. The second-order valence-corrected chi connectivity index (χ2v) is 6.22. The average Bonchev–Trinajstić information content (AvgIpc) is 2.75. The fraction of sp³-hybridized carbons (Fsp3) is 0.0455. The molecular weight excluding hydrogens is 382 g/mol. The number of carbonyl (C=O) groups is 1. The number of fused-ring (bicyclic) bond motifs is 2. The van der Waals surface area contributed by atoms with Gasteiger partial charge in [0.2, 0.25) is 0 Å². The molecule has 1 aliphatic heterocycles. The Labute approximate surface area is 171 Å². The molecule has 1 aliphatic rings. The molecule has 4 rings (SSSR count). The Balaban J connectivity index is 1.90. The topological polar surface area (TPSA) is 100 Å². The first-order valence-corrected chi connectivity index (χ1v) is 9.11. The van der Waals surface area contributed by atoms with Gasteiger partial charge in [-0.25, -0.2) is 19.8 Å². The normalized spacial score (nSPS) is 19.3. The zero-order chi connectivity index (χ0) is 20.8. The SMILES string of the molecule is O=C(O)N1/C=C\Oc2ccc3ncnc(c3c2)/N=c2/cccc/c2=C/C=C\N=C/C1. The summed E-state index contributed by atoms with van der Waals surface area (Å²) in [6, 6.07) is 13.0. The number of amides is 1. The number of benzene rings is 2. The standard InChI is InChI=1S/C22H17N5O3/c28-22(29)27-11-10-23-9-3-5-16-4-1-2-6-19(16)26-21-18-14-17(30-13-12-27)7-8-20(18)24-15-25-21/h1-10,12-15H,11H2,(H,28,29)/b9-3-,13-12-,16-5-,23-10-,26-19-. The Morgan fingerprint density at radius 3 is 2.93 bits per heavy atom. The number of ether oxygens (including phenoxy) is 1. The second-order valence-electron chi connectivity index (χ2n) is 6.22. The van der Waals surface area contributed by atoms with Gasteiger partial charge >= 0.3 is 6.09 Å². The van der Waals surface area contributed by atoms with Crippen LogP contribution in [0.3, 0.4) is 0 Å². The van der Waals surface area contributed by atoms with Gasteiger partial charge in [-0.15, -0.1) is 0 Å². The summed E-state index contributed by atoms with van der Waals surface area (Å²) in [6.07, 6.45) is 9.71. The first-order valence-electron chi connectivity index (χ1n) is 9.11. The Morgan fingerprint density at radius 2 is 2.03 bits per heavy atom. The van der Waals surface area contributed by atoms with Crippen LogP contribution in [0, 0.1) is 0 Å². The Kier molecular flexibility index (Phi) is 5.56. The molecular formula is C22H17N5O3. The van der Waals surface area contributed by atoms with Gasteiger partial charge in [-0.1, -0.05) is 24.3 Å². The molecule has 2 bridgehead atoms. The maximum absolute atomic E-state index is 11.4. The van der Waals surface area contributed by atoms with E-state index < -0.39 is 6.09 Å². The van der Waals surface area contributed by atoms with Crippen molar-refractivity contribution in [2.24, 2.45) is 9.98 Å². The lowest BCUT2D eigenvalue weighted by molar-refractivity contribution is 0.167. The third-order valence-electron chi connectivity index (χ3n) is 4.27. The van der Waals surface area contributed by atoms with E-state index in [-0.39, 0.29) is 6.54 Å². The molecule has 1 N–H and O–H groups in total. The summed E-state index contributed by atoms with van der Waals surface area (Å²) in [5.74, 6) is 1.02. The highest BCUT2D eigenvalue weighted by Crippen LogP contribution is 2.26. The van der Waals surface area contributed by atoms with Gasteiger partial charge in [0.05, 0.1) is 17.4 Å². The Hall–Kier alpha value is -4.33. The molecule has 0 saturated carbocycles. The molecule has 0 spiro atoms. The van der Waals surface area contributed by atoms with Crippen LogP contribution in [0.15, 0.2) is 83.5 Å². The van der Waals surface area contributed by atoms with Crippen molar-refractivity contribution in [2.75, 3.05) is 6.54 Å². The molecule has 0 aliphatic carbocycles. The molecule has 8 nitrogen and oxygen atoms in total. The van der Waals surface area contributed by atoms with Crippen LogP contribution in [0.2, 0.25) is 0 Å². The first kappa shape index (κ1) is 19.0. The van der Waals surface area contributed by atoms with Gasteiger partial charge in [0.15, 0.2) is 5.82 Å². The van der Waals surface area contributed by atoms with E-state index in [0.29, 0.717) is 11.6 Å². The third kappa shape index (κ3) is 4.39. The minimum atomic E-state index is -1.11. The third-order valence-corrected chi connectivity index (χ3v) is 4.27. The Morgan fingerprint density at radius 1 is 1.13 bits per heavy atom. The van der Waals surface area contributed by atoms with Gasteiger partial charge in [0, 0.05) is 29.2 Å². The molecule has 0 saturated heterocycles. The molecule has 8 heteroatoms. The van der Waals surface area contributed by atoms with E-state index in [1.54, 1.807) is 30.5 Å². The zero-order valence-electron chi connectivity index (χ0n) is 15.8. The molecule has 1 amide bonds. The number of rotatable bonds is 0. The molecule has 3 aromatic rings. The number of hydrogen-bond acceptors (Lipinski definition) is 6. The number of aromatic nitrogens is 2. The Bertz CT molecular complexity index is 1300. The maximum Gasteiger partial charge on any atom is 0.411 e. The van der Waals surface area contributed by atoms with Crippen molar-refractivity contribution in [1.29, 1.82) is 0 Å². The molecule has 2 heterocycles. The first-order chi connectivity index (χ1) is 14.7. The van der Waals surface area contributed by atoms with Gasteiger partial charge < -0.3 is 9.84 Å². The lowest BCUT2D eigenvalue weighted by atomic mass is 10.2. The number of carboxylic acid groups (broad SMARTS) is 1. The van der Waals surface area contributed by atoms with Crippen molar-refractivity contribution in [3.8, 4) is 5.75 Å². The number of nitrogens with zero attached hydrogens (tertiary/aromatic N) is 5. The summed E-state index contributed by atoms with van der Waals surface area (Å²) in [5, 5.41) is 11.7. The van der Waals surface area contributed by atoms with Gasteiger partial charge in [0.1, 0.15) is 18.3 Å². The highest BCUT2D eigenvalue weighted by molar-refractivity contribution is 5.88. The van der Waals surface area contributed by atoms with Crippen molar-refractivity contribution < 1.29 is 14.6 Å². The molecule has 0 radical (unpaired) electrons. The van der Waals surface area contributed by atoms with Crippen LogP contribution >= 0.6 is 0 Å². The summed E-state index contributed by atoms with van der Waals surface area (Å²) in [5.41, 5.74) is 0.722. The van der Waals surface area contributed by atoms with E-state index in [0.717, 1.165) is 26.4 Å². The summed E-state index contributed by atoms with van der Waals surface area (Å²) in [4.78, 5) is 29.9. The number of aliphatic imine (C=N–C) groups is 1. The zero-order valence-corrected chi connectivity index (χ0v) is 15.8. The fourth-order valence-electron chi connectivity index (χ4n) is 2.81. The van der Waals surface area contributed by atoms with Gasteiger partial charge in [-0.05, 0) is 30.3 Å². The summed E-state index contributed by atoms with van der Waals surface area (Å²) < 4.78 is 5.59. The van der Waals surface area contributed by atoms with Crippen LogP contribution in [-0.4, -0.2) is 38.8 Å². The fourth-order valence-corrected chi connectivity index (χ4v) is 2.81. The minimum absolute atomic E-state index is 0.0845. The summed E-state index contributed by atoms with van der Waals surface area (Å²) in [6.45, 7) is 0.0845. The largest absolute Gasteiger partial charge is 0.465 e. The van der Waals surface area contributed by atoms with Crippen LogP contribution in [0.5, 0.6) is 5.75 Å². The van der Waals surface area contributed by atoms with Gasteiger partial charge in [0.25, 0.3) is 0 Å². The van der Waals surface area contributed by atoms with Crippen LogP contribution in [0.25, 0.3) is 17.0 Å². The minimum Gasteiger partial charge on any atom is -0.465 e. The number of para-hydroxylation sites is 1. The lowest BCUT2D eigenvalue weighted by Gasteiger charge is -2.11. The maximum atomic E-state index is 11.4. The average molecular weight is 399 g/mol. The quantitative estimate of drug-likeness (QED) is 0.627. The van der Waals surface area contributed by atoms with Crippen LogP contribution in [0.1, 0.15) is 0 Å². The summed E-state index contributed by atoms with van der Waals surface area (Å²) >= 11 is 0.